The van der Waals surface area contributed by atoms with Crippen LogP contribution in [-0.4, -0.2) is 32.8 Å². The Balaban J connectivity index is 2.26. The molecule has 1 atom stereocenters. The monoisotopic (exact) mass is 298 g/mol. The maximum Gasteiger partial charge on any atom is 0.272 e. The molecule has 0 aromatic carbocycles. The summed E-state index contributed by atoms with van der Waals surface area (Å²) < 4.78 is 0. The Hall–Kier alpha value is -2.30. The zero-order valence-electron chi connectivity index (χ0n) is 13.5. The van der Waals surface area contributed by atoms with Gasteiger partial charge in [-0.25, -0.2) is 9.97 Å². The van der Waals surface area contributed by atoms with Crippen molar-refractivity contribution in [2.45, 2.75) is 39.2 Å². The Labute approximate surface area is 131 Å². The minimum Gasteiger partial charge on any atom is -0.333 e. The second-order valence-electron chi connectivity index (χ2n) is 5.58. The van der Waals surface area contributed by atoms with Gasteiger partial charge >= 0.3 is 0 Å². The molecule has 22 heavy (non-hydrogen) atoms. The Morgan fingerprint density at radius 2 is 2.05 bits per heavy atom. The lowest BCUT2D eigenvalue weighted by atomic mass is 10.0. The molecule has 5 nitrogen and oxygen atoms in total. The predicted molar refractivity (Wildman–Crippen MR) is 85.5 cm³/mol. The van der Waals surface area contributed by atoms with E-state index in [0.29, 0.717) is 11.5 Å². The van der Waals surface area contributed by atoms with Gasteiger partial charge in [0.15, 0.2) is 0 Å². The van der Waals surface area contributed by atoms with Gasteiger partial charge in [0.05, 0.1) is 6.04 Å². The third-order valence-corrected chi connectivity index (χ3v) is 3.65. The summed E-state index contributed by atoms with van der Waals surface area (Å²) in [5, 5.41) is 0. The highest BCUT2D eigenvalue weighted by Gasteiger charge is 2.23. The van der Waals surface area contributed by atoms with Crippen molar-refractivity contribution in [3.63, 3.8) is 0 Å². The van der Waals surface area contributed by atoms with Gasteiger partial charge in [0.1, 0.15) is 11.5 Å². The molecule has 0 bridgehead atoms. The van der Waals surface area contributed by atoms with E-state index in [1.54, 1.807) is 36.6 Å². The number of nitrogens with zero attached hydrogens (tertiary/aromatic N) is 4. The quantitative estimate of drug-likeness (QED) is 0.850. The van der Waals surface area contributed by atoms with Gasteiger partial charge < -0.3 is 4.90 Å². The van der Waals surface area contributed by atoms with E-state index in [2.05, 4.69) is 21.9 Å². The summed E-state index contributed by atoms with van der Waals surface area (Å²) in [7, 11) is 1.81. The van der Waals surface area contributed by atoms with Crippen molar-refractivity contribution >= 4 is 5.91 Å². The molecule has 2 aromatic rings. The van der Waals surface area contributed by atoms with Crippen LogP contribution in [0.1, 0.15) is 61.0 Å². The highest BCUT2D eigenvalue weighted by atomic mass is 16.2. The summed E-state index contributed by atoms with van der Waals surface area (Å²) in [6, 6.07) is 5.53. The summed E-state index contributed by atoms with van der Waals surface area (Å²) in [5.74, 6) is 0.784. The lowest BCUT2D eigenvalue weighted by Crippen LogP contribution is -2.32. The van der Waals surface area contributed by atoms with Crippen LogP contribution in [-0.2, 0) is 0 Å². The van der Waals surface area contributed by atoms with E-state index in [-0.39, 0.29) is 17.9 Å². The standard InChI is InChI=1S/C17H22N4O/c1-5-15(13-7-6-9-18-11-13)21(4)17(22)14-8-10-19-16(20-14)12(2)3/h6-12,15H,5H2,1-4H3/t15-/m0/s1. The number of hydrogen-bond donors (Lipinski definition) is 0. The fourth-order valence-corrected chi connectivity index (χ4v) is 2.40. The Morgan fingerprint density at radius 3 is 2.64 bits per heavy atom. The molecule has 2 aromatic heterocycles. The second-order valence-corrected chi connectivity index (χ2v) is 5.58. The van der Waals surface area contributed by atoms with Crippen molar-refractivity contribution in [3.8, 4) is 0 Å². The molecule has 2 rings (SSSR count). The van der Waals surface area contributed by atoms with E-state index in [0.717, 1.165) is 12.0 Å². The van der Waals surface area contributed by atoms with Gasteiger partial charge in [-0.05, 0) is 24.1 Å². The van der Waals surface area contributed by atoms with Crippen molar-refractivity contribution in [3.05, 3.63) is 53.9 Å². The van der Waals surface area contributed by atoms with E-state index in [1.807, 2.05) is 26.0 Å². The normalized spacial score (nSPS) is 12.2. The first kappa shape index (κ1) is 16.1. The topological polar surface area (TPSA) is 59.0 Å². The molecule has 0 N–H and O–H groups in total. The number of pyridine rings is 1. The van der Waals surface area contributed by atoms with Crippen LogP contribution in [0.5, 0.6) is 0 Å². The minimum atomic E-state index is -0.0972. The minimum absolute atomic E-state index is 0.0151. The molecule has 0 fully saturated rings. The van der Waals surface area contributed by atoms with Crippen LogP contribution in [0, 0.1) is 0 Å². The lowest BCUT2D eigenvalue weighted by Gasteiger charge is -2.27. The van der Waals surface area contributed by atoms with Crippen LogP contribution in [0.2, 0.25) is 0 Å². The van der Waals surface area contributed by atoms with E-state index >= 15 is 0 Å². The van der Waals surface area contributed by atoms with Crippen LogP contribution in [0.4, 0.5) is 0 Å². The van der Waals surface area contributed by atoms with Crippen molar-refractivity contribution in [1.29, 1.82) is 0 Å². The molecule has 0 aliphatic rings. The zero-order valence-corrected chi connectivity index (χ0v) is 13.5. The summed E-state index contributed by atoms with van der Waals surface area (Å²) in [4.78, 5) is 27.2. The Morgan fingerprint density at radius 1 is 1.27 bits per heavy atom. The van der Waals surface area contributed by atoms with Crippen molar-refractivity contribution < 1.29 is 4.79 Å². The van der Waals surface area contributed by atoms with Crippen molar-refractivity contribution in [1.82, 2.24) is 19.9 Å². The van der Waals surface area contributed by atoms with Crippen LogP contribution in [0.3, 0.4) is 0 Å². The molecule has 0 radical (unpaired) electrons. The van der Waals surface area contributed by atoms with Gasteiger partial charge in [-0.1, -0.05) is 26.8 Å². The average molecular weight is 298 g/mol. The number of rotatable bonds is 5. The fourth-order valence-electron chi connectivity index (χ4n) is 2.40. The van der Waals surface area contributed by atoms with Crippen LogP contribution < -0.4 is 0 Å². The molecule has 116 valence electrons. The molecule has 0 saturated heterocycles. The number of hydrogen-bond acceptors (Lipinski definition) is 4. The third kappa shape index (κ3) is 3.47. The summed E-state index contributed by atoms with van der Waals surface area (Å²) in [6.45, 7) is 6.08. The largest absolute Gasteiger partial charge is 0.333 e. The summed E-state index contributed by atoms with van der Waals surface area (Å²) >= 11 is 0. The van der Waals surface area contributed by atoms with E-state index < -0.39 is 0 Å². The first-order chi connectivity index (χ1) is 10.5. The molecule has 0 aliphatic heterocycles. The first-order valence-corrected chi connectivity index (χ1v) is 7.54. The molecule has 2 heterocycles. The number of carbonyl (C=O) groups excluding carboxylic acids is 1. The van der Waals surface area contributed by atoms with Gasteiger partial charge in [-0.3, -0.25) is 9.78 Å². The highest BCUT2D eigenvalue weighted by Crippen LogP contribution is 2.23. The smallest absolute Gasteiger partial charge is 0.272 e. The molecule has 0 spiro atoms. The van der Waals surface area contributed by atoms with Crippen LogP contribution >= 0.6 is 0 Å². The Bertz CT molecular complexity index is 628. The fraction of sp³-hybridized carbons (Fsp3) is 0.412. The third-order valence-electron chi connectivity index (χ3n) is 3.65. The Kier molecular flexibility index (Phi) is 5.20. The number of carbonyl (C=O) groups is 1. The summed E-state index contributed by atoms with van der Waals surface area (Å²) in [6.07, 6.45) is 6.00. The predicted octanol–water partition coefficient (Wildman–Crippen LogP) is 3.22. The van der Waals surface area contributed by atoms with Gasteiger partial charge in [0.2, 0.25) is 0 Å². The van der Waals surface area contributed by atoms with E-state index in [9.17, 15) is 4.79 Å². The van der Waals surface area contributed by atoms with Gasteiger partial charge in [-0.2, -0.15) is 0 Å². The average Bonchev–Trinajstić information content (AvgIpc) is 2.55. The first-order valence-electron chi connectivity index (χ1n) is 7.54. The van der Waals surface area contributed by atoms with Gasteiger partial charge in [0.25, 0.3) is 5.91 Å². The number of amides is 1. The SMILES string of the molecule is CC[C@@H](c1cccnc1)N(C)C(=O)c1ccnc(C(C)C)n1. The molecule has 0 aliphatic carbocycles. The molecule has 0 unspecified atom stereocenters. The maximum atomic E-state index is 12.7. The van der Waals surface area contributed by atoms with Crippen molar-refractivity contribution in [2.24, 2.45) is 0 Å². The van der Waals surface area contributed by atoms with E-state index in [4.69, 9.17) is 0 Å². The molecular formula is C17H22N4O. The number of aromatic nitrogens is 3. The van der Waals surface area contributed by atoms with Crippen molar-refractivity contribution in [2.75, 3.05) is 7.05 Å². The van der Waals surface area contributed by atoms with E-state index in [1.165, 1.54) is 0 Å². The zero-order chi connectivity index (χ0) is 16.1. The summed E-state index contributed by atoms with van der Waals surface area (Å²) in [5.41, 5.74) is 1.46. The molecule has 1 amide bonds. The van der Waals surface area contributed by atoms with Crippen LogP contribution in [0.25, 0.3) is 0 Å². The molecule has 5 heteroatoms. The van der Waals surface area contributed by atoms with Gasteiger partial charge in [0, 0.05) is 31.6 Å². The second kappa shape index (κ2) is 7.11. The van der Waals surface area contributed by atoms with Gasteiger partial charge in [-0.15, -0.1) is 0 Å². The molecular weight excluding hydrogens is 276 g/mol. The molecule has 0 saturated carbocycles. The van der Waals surface area contributed by atoms with Crippen LogP contribution in [0.15, 0.2) is 36.8 Å². The maximum absolute atomic E-state index is 12.7. The highest BCUT2D eigenvalue weighted by molar-refractivity contribution is 5.92. The lowest BCUT2D eigenvalue weighted by molar-refractivity contribution is 0.0719.